The Labute approximate surface area is 102 Å². The highest BCUT2D eigenvalue weighted by Gasteiger charge is 2.35. The Morgan fingerprint density at radius 2 is 1.88 bits per heavy atom. The number of halogens is 2. The number of ether oxygens (including phenoxy) is 1. The third-order valence-electron chi connectivity index (χ3n) is 2.99. The molecule has 2 nitrogen and oxygen atoms in total. The van der Waals surface area contributed by atoms with Crippen molar-refractivity contribution in [3.8, 4) is 5.75 Å². The molecule has 1 heterocycles. The molecule has 0 spiro atoms. The Bertz CT molecular complexity index is 340. The highest BCUT2D eigenvalue weighted by atomic mass is 35.5. The summed E-state index contributed by atoms with van der Waals surface area (Å²) in [5.41, 5.74) is -0.535. The SMILES string of the molecule is COc1ccccc1C1(F)CCNCC1.Cl. The summed E-state index contributed by atoms with van der Waals surface area (Å²) in [4.78, 5) is 0. The Hall–Kier alpha value is -0.800. The normalized spacial score (nSPS) is 18.6. The number of alkyl halides is 1. The second-order valence-electron chi connectivity index (χ2n) is 3.92. The average Bonchev–Trinajstić information content (AvgIpc) is 2.30. The summed E-state index contributed by atoms with van der Waals surface area (Å²) in [6, 6.07) is 7.37. The summed E-state index contributed by atoms with van der Waals surface area (Å²) < 4.78 is 19.8. The molecule has 2 rings (SSSR count). The van der Waals surface area contributed by atoms with Crippen LogP contribution >= 0.6 is 12.4 Å². The number of methoxy groups -OCH3 is 1. The van der Waals surface area contributed by atoms with Gasteiger partial charge in [-0.1, -0.05) is 18.2 Å². The first kappa shape index (κ1) is 13.3. The smallest absolute Gasteiger partial charge is 0.142 e. The summed E-state index contributed by atoms with van der Waals surface area (Å²) in [6.45, 7) is 1.46. The molecule has 1 aromatic carbocycles. The van der Waals surface area contributed by atoms with Gasteiger partial charge in [-0.2, -0.15) is 0 Å². The standard InChI is InChI=1S/C12H16FNO.ClH/c1-15-11-5-3-2-4-10(11)12(13)6-8-14-9-7-12;/h2-5,14H,6-9H2,1H3;1H. The highest BCUT2D eigenvalue weighted by Crippen LogP contribution is 2.39. The van der Waals surface area contributed by atoms with Crippen LogP contribution in [-0.2, 0) is 5.67 Å². The molecule has 90 valence electrons. The Morgan fingerprint density at radius 1 is 1.25 bits per heavy atom. The molecule has 16 heavy (non-hydrogen) atoms. The van der Waals surface area contributed by atoms with Crippen LogP contribution in [0.25, 0.3) is 0 Å². The van der Waals surface area contributed by atoms with Crippen molar-refractivity contribution >= 4 is 12.4 Å². The minimum atomic E-state index is -1.22. The van der Waals surface area contributed by atoms with Gasteiger partial charge in [-0.25, -0.2) is 4.39 Å². The van der Waals surface area contributed by atoms with Gasteiger partial charge in [0.1, 0.15) is 11.4 Å². The summed E-state index contributed by atoms with van der Waals surface area (Å²) in [7, 11) is 1.59. The lowest BCUT2D eigenvalue weighted by Crippen LogP contribution is -2.36. The lowest BCUT2D eigenvalue weighted by molar-refractivity contribution is 0.111. The van der Waals surface area contributed by atoms with Crippen molar-refractivity contribution in [3.63, 3.8) is 0 Å². The van der Waals surface area contributed by atoms with Crippen molar-refractivity contribution in [1.29, 1.82) is 0 Å². The number of nitrogens with one attached hydrogen (secondary N) is 1. The lowest BCUT2D eigenvalue weighted by Gasteiger charge is -2.31. The highest BCUT2D eigenvalue weighted by molar-refractivity contribution is 5.85. The van der Waals surface area contributed by atoms with E-state index < -0.39 is 5.67 Å². The van der Waals surface area contributed by atoms with E-state index in [0.717, 1.165) is 13.1 Å². The van der Waals surface area contributed by atoms with E-state index in [1.54, 1.807) is 7.11 Å². The van der Waals surface area contributed by atoms with Crippen LogP contribution < -0.4 is 10.1 Å². The Morgan fingerprint density at radius 3 is 2.50 bits per heavy atom. The maximum absolute atomic E-state index is 14.6. The van der Waals surface area contributed by atoms with Crippen LogP contribution in [0.2, 0.25) is 0 Å². The first-order chi connectivity index (χ1) is 7.26. The molecule has 0 amide bonds. The minimum Gasteiger partial charge on any atom is -0.496 e. The van der Waals surface area contributed by atoms with Crippen LogP contribution in [0.4, 0.5) is 4.39 Å². The van der Waals surface area contributed by atoms with Crippen LogP contribution in [0.15, 0.2) is 24.3 Å². The van der Waals surface area contributed by atoms with Crippen LogP contribution in [0.1, 0.15) is 18.4 Å². The molecule has 1 fully saturated rings. The van der Waals surface area contributed by atoms with Gasteiger partial charge in [0.2, 0.25) is 0 Å². The number of piperidine rings is 1. The summed E-state index contributed by atoms with van der Waals surface area (Å²) >= 11 is 0. The fraction of sp³-hybridized carbons (Fsp3) is 0.500. The average molecular weight is 246 g/mol. The molecule has 1 aliphatic heterocycles. The second-order valence-corrected chi connectivity index (χ2v) is 3.92. The molecule has 0 atom stereocenters. The third-order valence-corrected chi connectivity index (χ3v) is 2.99. The lowest BCUT2D eigenvalue weighted by atomic mass is 9.86. The van der Waals surface area contributed by atoms with Crippen LogP contribution in [0, 0.1) is 0 Å². The number of benzene rings is 1. The molecular weight excluding hydrogens is 229 g/mol. The van der Waals surface area contributed by atoms with Crippen LogP contribution in [0.5, 0.6) is 5.75 Å². The van der Waals surface area contributed by atoms with Gasteiger partial charge in [-0.15, -0.1) is 12.4 Å². The van der Waals surface area contributed by atoms with E-state index in [9.17, 15) is 4.39 Å². The molecule has 0 saturated carbocycles. The van der Waals surface area contributed by atoms with Crippen molar-refractivity contribution in [2.24, 2.45) is 0 Å². The fourth-order valence-electron chi connectivity index (χ4n) is 2.11. The van der Waals surface area contributed by atoms with Crippen molar-refractivity contribution < 1.29 is 9.13 Å². The van der Waals surface area contributed by atoms with Gasteiger partial charge in [0.25, 0.3) is 0 Å². The predicted molar refractivity (Wildman–Crippen MR) is 65.1 cm³/mol. The number of para-hydroxylation sites is 1. The van der Waals surface area contributed by atoms with E-state index in [1.807, 2.05) is 24.3 Å². The van der Waals surface area contributed by atoms with Gasteiger partial charge in [0.15, 0.2) is 0 Å². The number of hydrogen-bond donors (Lipinski definition) is 1. The molecule has 0 radical (unpaired) electrons. The summed E-state index contributed by atoms with van der Waals surface area (Å²) in [5, 5.41) is 3.17. The van der Waals surface area contributed by atoms with Gasteiger partial charge in [0.05, 0.1) is 7.11 Å². The van der Waals surface area contributed by atoms with Crippen molar-refractivity contribution in [3.05, 3.63) is 29.8 Å². The topological polar surface area (TPSA) is 21.3 Å². The molecule has 1 saturated heterocycles. The molecule has 1 N–H and O–H groups in total. The second kappa shape index (κ2) is 5.51. The first-order valence-corrected chi connectivity index (χ1v) is 5.29. The van der Waals surface area contributed by atoms with E-state index >= 15 is 0 Å². The molecule has 0 aliphatic carbocycles. The van der Waals surface area contributed by atoms with E-state index in [2.05, 4.69) is 5.32 Å². The first-order valence-electron chi connectivity index (χ1n) is 5.29. The Kier molecular flexibility index (Phi) is 4.56. The zero-order valence-corrected chi connectivity index (χ0v) is 10.1. The van der Waals surface area contributed by atoms with Gasteiger partial charge >= 0.3 is 0 Å². The van der Waals surface area contributed by atoms with Crippen molar-refractivity contribution in [1.82, 2.24) is 5.32 Å². The molecular formula is C12H17ClFNO. The van der Waals surface area contributed by atoms with Gasteiger partial charge in [-0.05, 0) is 32.0 Å². The summed E-state index contributed by atoms with van der Waals surface area (Å²) in [6.07, 6.45) is 1.04. The van der Waals surface area contributed by atoms with Crippen molar-refractivity contribution in [2.75, 3.05) is 20.2 Å². The van der Waals surface area contributed by atoms with Crippen LogP contribution in [0.3, 0.4) is 0 Å². The molecule has 0 bridgehead atoms. The van der Waals surface area contributed by atoms with Gasteiger partial charge in [-0.3, -0.25) is 0 Å². The fourth-order valence-corrected chi connectivity index (χ4v) is 2.11. The van der Waals surface area contributed by atoms with Gasteiger partial charge in [0, 0.05) is 5.56 Å². The van der Waals surface area contributed by atoms with E-state index in [-0.39, 0.29) is 12.4 Å². The summed E-state index contributed by atoms with van der Waals surface area (Å²) in [5.74, 6) is 0.655. The molecule has 0 aromatic heterocycles. The van der Waals surface area contributed by atoms with Gasteiger partial charge < -0.3 is 10.1 Å². The zero-order valence-electron chi connectivity index (χ0n) is 9.33. The van der Waals surface area contributed by atoms with E-state index in [0.29, 0.717) is 24.2 Å². The zero-order chi connectivity index (χ0) is 10.7. The molecule has 0 unspecified atom stereocenters. The minimum absolute atomic E-state index is 0. The Balaban J connectivity index is 0.00000128. The third kappa shape index (κ3) is 2.47. The number of hydrogen-bond acceptors (Lipinski definition) is 2. The molecule has 4 heteroatoms. The maximum atomic E-state index is 14.6. The number of rotatable bonds is 2. The molecule has 1 aliphatic rings. The van der Waals surface area contributed by atoms with Crippen LogP contribution in [-0.4, -0.2) is 20.2 Å². The molecule has 1 aromatic rings. The quantitative estimate of drug-likeness (QED) is 0.865. The monoisotopic (exact) mass is 245 g/mol. The predicted octanol–water partition coefficient (Wildman–Crippen LogP) is 2.67. The van der Waals surface area contributed by atoms with Crippen molar-refractivity contribution in [2.45, 2.75) is 18.5 Å². The maximum Gasteiger partial charge on any atom is 0.142 e. The van der Waals surface area contributed by atoms with E-state index in [1.165, 1.54) is 0 Å². The largest absolute Gasteiger partial charge is 0.496 e. The van der Waals surface area contributed by atoms with E-state index in [4.69, 9.17) is 4.74 Å².